The molecular formula is C23H23F2N3OS. The molecule has 2 heterocycles. The van der Waals surface area contributed by atoms with Gasteiger partial charge in [-0.3, -0.25) is 9.69 Å². The largest absolute Gasteiger partial charge is 0.326 e. The van der Waals surface area contributed by atoms with Gasteiger partial charge in [-0.25, -0.2) is 13.8 Å². The maximum atomic E-state index is 13.4. The van der Waals surface area contributed by atoms with Crippen LogP contribution >= 0.6 is 11.3 Å². The minimum atomic E-state index is -0.539. The Balaban J connectivity index is 1.17. The third kappa shape index (κ3) is 3.84. The first-order valence-corrected chi connectivity index (χ1v) is 11.1. The maximum Gasteiger partial charge on any atom is 0.228 e. The van der Waals surface area contributed by atoms with E-state index < -0.39 is 11.6 Å². The first kappa shape index (κ1) is 19.6. The second-order valence-corrected chi connectivity index (χ2v) is 9.81. The van der Waals surface area contributed by atoms with Crippen LogP contribution in [0.4, 0.5) is 14.5 Å². The molecule has 1 saturated carbocycles. The van der Waals surface area contributed by atoms with E-state index in [1.807, 2.05) is 25.1 Å². The van der Waals surface area contributed by atoms with Gasteiger partial charge in [0.25, 0.3) is 0 Å². The lowest BCUT2D eigenvalue weighted by molar-refractivity contribution is -0.118. The normalized spacial score (nSPS) is 20.6. The van der Waals surface area contributed by atoms with Crippen molar-refractivity contribution in [2.24, 2.45) is 11.3 Å². The number of carbonyl (C=O) groups is 1. The van der Waals surface area contributed by atoms with Gasteiger partial charge in [0.1, 0.15) is 11.6 Å². The number of thiazole rings is 1. The molecule has 1 aliphatic heterocycles. The zero-order valence-corrected chi connectivity index (χ0v) is 17.6. The molecule has 1 unspecified atom stereocenters. The van der Waals surface area contributed by atoms with Gasteiger partial charge in [-0.1, -0.05) is 0 Å². The maximum absolute atomic E-state index is 13.4. The Morgan fingerprint density at radius 2 is 1.93 bits per heavy atom. The number of hydrogen-bond acceptors (Lipinski definition) is 4. The Labute approximate surface area is 177 Å². The monoisotopic (exact) mass is 427 g/mol. The van der Waals surface area contributed by atoms with Crippen LogP contribution in [-0.2, 0) is 11.3 Å². The number of amides is 1. The van der Waals surface area contributed by atoms with E-state index in [1.165, 1.54) is 12.1 Å². The number of hydrogen-bond donors (Lipinski definition) is 1. The van der Waals surface area contributed by atoms with Crippen LogP contribution in [0.3, 0.4) is 0 Å². The molecule has 1 aliphatic carbocycles. The summed E-state index contributed by atoms with van der Waals surface area (Å²) >= 11 is 1.65. The van der Waals surface area contributed by atoms with Crippen molar-refractivity contribution >= 4 is 33.1 Å². The van der Waals surface area contributed by atoms with E-state index in [4.69, 9.17) is 0 Å². The summed E-state index contributed by atoms with van der Waals surface area (Å²) in [5.41, 5.74) is 2.45. The zero-order chi connectivity index (χ0) is 20.9. The summed E-state index contributed by atoms with van der Waals surface area (Å²) in [7, 11) is 0. The highest BCUT2D eigenvalue weighted by atomic mass is 32.1. The molecular weight excluding hydrogens is 404 g/mol. The molecule has 1 N–H and O–H groups in total. The standard InChI is InChI=1S/C23H23F2N3OS/c1-14-26-20-11-18(2-3-21(20)30-14)27-22(29)19-12-23(19)4-6-28(7-5-23)13-15-8-16(24)10-17(25)9-15/h2-3,8-11,19H,4-7,12-13H2,1H3,(H,27,29). The van der Waals surface area contributed by atoms with Gasteiger partial charge in [0, 0.05) is 24.2 Å². The summed E-state index contributed by atoms with van der Waals surface area (Å²) in [6.45, 7) is 4.20. The number of likely N-dealkylation sites (tertiary alicyclic amines) is 1. The summed E-state index contributed by atoms with van der Waals surface area (Å²) in [6, 6.07) is 9.56. The minimum absolute atomic E-state index is 0.0409. The average Bonchev–Trinajstić information content (AvgIpc) is 3.26. The van der Waals surface area contributed by atoms with Crippen LogP contribution < -0.4 is 5.32 Å². The number of rotatable bonds is 4. The number of benzene rings is 2. The molecule has 7 heteroatoms. The van der Waals surface area contributed by atoms with E-state index in [2.05, 4.69) is 15.2 Å². The van der Waals surface area contributed by atoms with Gasteiger partial charge in [0.05, 0.1) is 15.2 Å². The van der Waals surface area contributed by atoms with Crippen LogP contribution in [0.15, 0.2) is 36.4 Å². The summed E-state index contributed by atoms with van der Waals surface area (Å²) in [5.74, 6) is -0.951. The van der Waals surface area contributed by atoms with Crippen LogP contribution in [0.25, 0.3) is 10.2 Å². The highest BCUT2D eigenvalue weighted by Crippen LogP contribution is 2.59. The molecule has 1 saturated heterocycles. The van der Waals surface area contributed by atoms with Crippen molar-refractivity contribution in [3.8, 4) is 0 Å². The van der Waals surface area contributed by atoms with Crippen molar-refractivity contribution in [1.29, 1.82) is 0 Å². The highest BCUT2D eigenvalue weighted by molar-refractivity contribution is 7.18. The summed E-state index contributed by atoms with van der Waals surface area (Å²) in [4.78, 5) is 19.5. The fourth-order valence-electron chi connectivity index (χ4n) is 4.74. The Morgan fingerprint density at radius 3 is 2.67 bits per heavy atom. The van der Waals surface area contributed by atoms with Gasteiger partial charge < -0.3 is 5.32 Å². The number of aromatic nitrogens is 1. The van der Waals surface area contributed by atoms with Crippen LogP contribution in [-0.4, -0.2) is 28.9 Å². The van der Waals surface area contributed by atoms with Gasteiger partial charge in [-0.05, 0) is 80.6 Å². The smallest absolute Gasteiger partial charge is 0.228 e. The molecule has 1 amide bonds. The third-order valence-corrected chi connectivity index (χ3v) is 7.40. The van der Waals surface area contributed by atoms with Crippen LogP contribution in [0.1, 0.15) is 29.8 Å². The molecule has 0 bridgehead atoms. The van der Waals surface area contributed by atoms with Crippen LogP contribution in [0, 0.1) is 29.9 Å². The van der Waals surface area contributed by atoms with Crippen molar-refractivity contribution in [1.82, 2.24) is 9.88 Å². The minimum Gasteiger partial charge on any atom is -0.326 e. The molecule has 3 aromatic rings. The Kier molecular flexibility index (Phi) is 4.82. The number of anilines is 1. The number of fused-ring (bicyclic) bond motifs is 1. The number of halogens is 2. The Hall–Kier alpha value is -2.38. The molecule has 1 atom stereocenters. The fraction of sp³-hybridized carbons (Fsp3) is 0.391. The van der Waals surface area contributed by atoms with E-state index in [-0.39, 0.29) is 17.2 Å². The van der Waals surface area contributed by atoms with E-state index in [0.717, 1.165) is 59.3 Å². The molecule has 1 spiro atoms. The lowest BCUT2D eigenvalue weighted by Crippen LogP contribution is -2.35. The number of nitrogens with one attached hydrogen (secondary N) is 1. The molecule has 2 aliphatic rings. The van der Waals surface area contributed by atoms with Crippen molar-refractivity contribution < 1.29 is 13.6 Å². The first-order valence-electron chi connectivity index (χ1n) is 10.3. The van der Waals surface area contributed by atoms with E-state index in [0.29, 0.717) is 12.1 Å². The Bertz CT molecular complexity index is 1100. The van der Waals surface area contributed by atoms with Gasteiger partial charge in [0.2, 0.25) is 5.91 Å². The average molecular weight is 428 g/mol. The van der Waals surface area contributed by atoms with Gasteiger partial charge in [0.15, 0.2) is 0 Å². The van der Waals surface area contributed by atoms with E-state index >= 15 is 0 Å². The van der Waals surface area contributed by atoms with E-state index in [1.54, 1.807) is 11.3 Å². The highest BCUT2D eigenvalue weighted by Gasteiger charge is 2.58. The predicted molar refractivity (Wildman–Crippen MR) is 114 cm³/mol. The molecule has 30 heavy (non-hydrogen) atoms. The van der Waals surface area contributed by atoms with Crippen LogP contribution in [0.2, 0.25) is 0 Å². The van der Waals surface area contributed by atoms with Crippen molar-refractivity contribution in [3.63, 3.8) is 0 Å². The van der Waals surface area contributed by atoms with E-state index in [9.17, 15) is 13.6 Å². The van der Waals surface area contributed by atoms with Gasteiger partial charge in [-0.15, -0.1) is 11.3 Å². The van der Waals surface area contributed by atoms with Crippen molar-refractivity contribution in [3.05, 3.63) is 58.6 Å². The molecule has 4 nitrogen and oxygen atoms in total. The third-order valence-electron chi connectivity index (χ3n) is 6.45. The lowest BCUT2D eigenvalue weighted by atomic mass is 9.90. The molecule has 0 radical (unpaired) electrons. The van der Waals surface area contributed by atoms with Gasteiger partial charge in [-0.2, -0.15) is 0 Å². The van der Waals surface area contributed by atoms with Crippen molar-refractivity contribution in [2.45, 2.75) is 32.7 Å². The quantitative estimate of drug-likeness (QED) is 0.628. The second-order valence-electron chi connectivity index (χ2n) is 8.58. The Morgan fingerprint density at radius 1 is 1.20 bits per heavy atom. The molecule has 5 rings (SSSR count). The SMILES string of the molecule is Cc1nc2cc(NC(=O)C3CC34CCN(Cc3cc(F)cc(F)c3)CC4)ccc2s1. The molecule has 1 aromatic heterocycles. The molecule has 156 valence electrons. The summed E-state index contributed by atoms with van der Waals surface area (Å²) < 4.78 is 28.0. The molecule has 2 fully saturated rings. The van der Waals surface area contributed by atoms with Crippen molar-refractivity contribution in [2.75, 3.05) is 18.4 Å². The lowest BCUT2D eigenvalue weighted by Gasteiger charge is -2.32. The second kappa shape index (κ2) is 7.39. The fourth-order valence-corrected chi connectivity index (χ4v) is 5.55. The number of carbonyl (C=O) groups excluding carboxylic acids is 1. The number of nitrogens with zero attached hydrogens (tertiary/aromatic N) is 2. The summed E-state index contributed by atoms with van der Waals surface area (Å²) in [6.07, 6.45) is 2.79. The number of aryl methyl sites for hydroxylation is 1. The van der Waals surface area contributed by atoms with Crippen LogP contribution in [0.5, 0.6) is 0 Å². The number of piperidine rings is 1. The topological polar surface area (TPSA) is 45.2 Å². The summed E-state index contributed by atoms with van der Waals surface area (Å²) in [5, 5.41) is 4.09. The molecule has 2 aromatic carbocycles. The van der Waals surface area contributed by atoms with Gasteiger partial charge >= 0.3 is 0 Å². The predicted octanol–water partition coefficient (Wildman–Crippen LogP) is 5.12. The zero-order valence-electron chi connectivity index (χ0n) is 16.8. The first-order chi connectivity index (χ1) is 14.4.